The summed E-state index contributed by atoms with van der Waals surface area (Å²) in [5.74, 6) is 0.0822. The van der Waals surface area contributed by atoms with Crippen LogP contribution in [-0.2, 0) is 24.1 Å². The fourth-order valence-corrected chi connectivity index (χ4v) is 4.78. The SMILES string of the molecule is CN(Cc1ccc(Cl)cc1)C(=O)c1n[nH]c2c(CCCCO)cc(CC3CCOCC3)cc2c1=O. The number of fused-ring (bicyclic) bond motifs is 1. The van der Waals surface area contributed by atoms with Gasteiger partial charge in [-0.3, -0.25) is 14.7 Å². The van der Waals surface area contributed by atoms with Crippen molar-refractivity contribution in [2.45, 2.75) is 45.1 Å². The van der Waals surface area contributed by atoms with Gasteiger partial charge in [-0.25, -0.2) is 0 Å². The average molecular weight is 498 g/mol. The van der Waals surface area contributed by atoms with Crippen LogP contribution >= 0.6 is 11.6 Å². The number of aromatic nitrogens is 2. The molecule has 0 saturated carbocycles. The molecule has 0 radical (unpaired) electrons. The van der Waals surface area contributed by atoms with Gasteiger partial charge in [0, 0.05) is 38.4 Å². The number of carbonyl (C=O) groups excluding carboxylic acids is 1. The van der Waals surface area contributed by atoms with E-state index in [4.69, 9.17) is 16.3 Å². The summed E-state index contributed by atoms with van der Waals surface area (Å²) in [5, 5.41) is 17.5. The van der Waals surface area contributed by atoms with Crippen LogP contribution in [0.3, 0.4) is 0 Å². The number of H-pyrrole nitrogens is 1. The zero-order valence-corrected chi connectivity index (χ0v) is 20.8. The quantitative estimate of drug-likeness (QED) is 0.433. The number of ether oxygens (including phenoxy) is 1. The van der Waals surface area contributed by atoms with Crippen LogP contribution in [-0.4, -0.2) is 53.0 Å². The molecule has 0 spiro atoms. The van der Waals surface area contributed by atoms with Crippen LogP contribution in [0.2, 0.25) is 5.02 Å². The summed E-state index contributed by atoms with van der Waals surface area (Å²) < 4.78 is 5.49. The molecule has 4 rings (SSSR count). The van der Waals surface area contributed by atoms with Gasteiger partial charge in [0.05, 0.1) is 10.9 Å². The highest BCUT2D eigenvalue weighted by Crippen LogP contribution is 2.25. The molecule has 0 atom stereocenters. The molecule has 1 fully saturated rings. The Balaban J connectivity index is 1.65. The second-order valence-electron chi connectivity index (χ2n) is 9.31. The van der Waals surface area contributed by atoms with Gasteiger partial charge in [-0.15, -0.1) is 0 Å². The number of amides is 1. The third-order valence-corrected chi connectivity index (χ3v) is 6.87. The molecular formula is C27H32ClN3O4. The predicted octanol–water partition coefficient (Wildman–Crippen LogP) is 4.13. The standard InChI is InChI=1S/C27H32ClN3O4/c1-31(17-19-5-7-22(28)8-6-19)27(34)25-26(33)23-16-20(14-18-9-12-35-13-10-18)15-21(4-2-3-11-32)24(23)29-30-25/h5-8,15-16,18,32H,2-4,9-14,17H2,1H3,(H,29,33). The van der Waals surface area contributed by atoms with Crippen LogP contribution in [0.15, 0.2) is 41.2 Å². The van der Waals surface area contributed by atoms with Crippen molar-refractivity contribution in [3.63, 3.8) is 0 Å². The van der Waals surface area contributed by atoms with E-state index in [2.05, 4.69) is 16.3 Å². The number of aliphatic hydroxyl groups excluding tert-OH is 1. The lowest BCUT2D eigenvalue weighted by molar-refractivity contribution is 0.0665. The lowest BCUT2D eigenvalue weighted by atomic mass is 9.90. The summed E-state index contributed by atoms with van der Waals surface area (Å²) in [6.45, 7) is 2.01. The van der Waals surface area contributed by atoms with E-state index in [9.17, 15) is 14.7 Å². The fraction of sp³-hybridized carbons (Fsp3) is 0.444. The molecule has 2 heterocycles. The van der Waals surface area contributed by atoms with Gasteiger partial charge < -0.3 is 14.7 Å². The predicted molar refractivity (Wildman–Crippen MR) is 137 cm³/mol. The number of aryl methyl sites for hydroxylation is 1. The Labute approximate surface area is 210 Å². The van der Waals surface area contributed by atoms with E-state index in [-0.39, 0.29) is 17.7 Å². The molecule has 1 saturated heterocycles. The van der Waals surface area contributed by atoms with Crippen LogP contribution in [0.25, 0.3) is 10.9 Å². The first kappa shape index (κ1) is 25.4. The maximum Gasteiger partial charge on any atom is 0.278 e. The van der Waals surface area contributed by atoms with Crippen molar-refractivity contribution in [3.05, 3.63) is 74.0 Å². The number of hydrogen-bond donors (Lipinski definition) is 2. The Morgan fingerprint density at radius 3 is 2.63 bits per heavy atom. The Bertz CT molecular complexity index is 1220. The normalized spacial score (nSPS) is 14.4. The molecule has 1 aliphatic heterocycles. The number of halogens is 1. The number of nitrogens with zero attached hydrogens (tertiary/aromatic N) is 2. The van der Waals surface area contributed by atoms with Crippen LogP contribution in [0, 0.1) is 5.92 Å². The molecule has 1 aromatic heterocycles. The van der Waals surface area contributed by atoms with Gasteiger partial charge in [0.1, 0.15) is 0 Å². The van der Waals surface area contributed by atoms with E-state index in [1.165, 1.54) is 4.90 Å². The molecule has 1 aliphatic rings. The maximum atomic E-state index is 13.5. The van der Waals surface area contributed by atoms with Crippen molar-refractivity contribution < 1.29 is 14.6 Å². The van der Waals surface area contributed by atoms with Gasteiger partial charge in [0.2, 0.25) is 5.43 Å². The molecule has 186 valence electrons. The topological polar surface area (TPSA) is 95.5 Å². The first-order chi connectivity index (χ1) is 17.0. The zero-order valence-electron chi connectivity index (χ0n) is 20.1. The number of rotatable bonds is 9. The summed E-state index contributed by atoms with van der Waals surface area (Å²) in [7, 11) is 1.66. The van der Waals surface area contributed by atoms with Crippen LogP contribution < -0.4 is 5.43 Å². The minimum Gasteiger partial charge on any atom is -0.396 e. The summed E-state index contributed by atoms with van der Waals surface area (Å²) in [6.07, 6.45) is 5.09. The van der Waals surface area contributed by atoms with Gasteiger partial charge >= 0.3 is 0 Å². The average Bonchev–Trinajstić information content (AvgIpc) is 2.86. The number of unbranched alkanes of at least 4 members (excludes halogenated alkanes) is 1. The van der Waals surface area contributed by atoms with Crippen molar-refractivity contribution in [2.24, 2.45) is 5.92 Å². The van der Waals surface area contributed by atoms with E-state index < -0.39 is 5.91 Å². The minimum atomic E-state index is -0.431. The zero-order chi connectivity index (χ0) is 24.8. The molecule has 0 bridgehead atoms. The first-order valence-corrected chi connectivity index (χ1v) is 12.6. The summed E-state index contributed by atoms with van der Waals surface area (Å²) in [5.41, 5.74) is 3.19. The molecule has 2 N–H and O–H groups in total. The Morgan fingerprint density at radius 2 is 1.91 bits per heavy atom. The highest BCUT2D eigenvalue weighted by atomic mass is 35.5. The van der Waals surface area contributed by atoms with E-state index in [1.807, 2.05) is 18.2 Å². The van der Waals surface area contributed by atoms with E-state index in [1.54, 1.807) is 19.2 Å². The summed E-state index contributed by atoms with van der Waals surface area (Å²) in [6, 6.07) is 11.3. The second kappa shape index (κ2) is 11.8. The van der Waals surface area contributed by atoms with E-state index in [0.717, 1.165) is 62.0 Å². The molecule has 8 heteroatoms. The van der Waals surface area contributed by atoms with Gasteiger partial charge in [0.15, 0.2) is 5.69 Å². The molecule has 0 aliphatic carbocycles. The lowest BCUT2D eigenvalue weighted by Crippen LogP contribution is -2.32. The molecule has 0 unspecified atom stereocenters. The minimum absolute atomic E-state index is 0.113. The molecule has 2 aromatic carbocycles. The molecular weight excluding hydrogens is 466 g/mol. The smallest absolute Gasteiger partial charge is 0.278 e. The maximum absolute atomic E-state index is 13.5. The summed E-state index contributed by atoms with van der Waals surface area (Å²) >= 11 is 5.96. The van der Waals surface area contributed by atoms with Gasteiger partial charge in [-0.2, -0.15) is 5.10 Å². The third kappa shape index (κ3) is 6.28. The largest absolute Gasteiger partial charge is 0.396 e. The number of hydrogen-bond acceptors (Lipinski definition) is 5. The Morgan fingerprint density at radius 1 is 1.17 bits per heavy atom. The van der Waals surface area contributed by atoms with Gasteiger partial charge in [-0.05, 0) is 79.3 Å². The van der Waals surface area contributed by atoms with Crippen molar-refractivity contribution in [1.82, 2.24) is 15.1 Å². The van der Waals surface area contributed by atoms with E-state index in [0.29, 0.717) is 34.8 Å². The van der Waals surface area contributed by atoms with Gasteiger partial charge in [-0.1, -0.05) is 29.8 Å². The fourth-order valence-electron chi connectivity index (χ4n) is 4.66. The Hall–Kier alpha value is -2.74. The molecule has 35 heavy (non-hydrogen) atoms. The highest BCUT2D eigenvalue weighted by Gasteiger charge is 2.22. The third-order valence-electron chi connectivity index (χ3n) is 6.62. The van der Waals surface area contributed by atoms with Gasteiger partial charge in [0.25, 0.3) is 5.91 Å². The van der Waals surface area contributed by atoms with Crippen molar-refractivity contribution in [3.8, 4) is 0 Å². The first-order valence-electron chi connectivity index (χ1n) is 12.2. The number of carbonyl (C=O) groups is 1. The number of aromatic amines is 1. The van der Waals surface area contributed by atoms with Crippen LogP contribution in [0.1, 0.15) is 52.9 Å². The van der Waals surface area contributed by atoms with Crippen molar-refractivity contribution in [1.29, 1.82) is 0 Å². The lowest BCUT2D eigenvalue weighted by Gasteiger charge is -2.22. The molecule has 7 nitrogen and oxygen atoms in total. The van der Waals surface area contributed by atoms with Crippen molar-refractivity contribution >= 4 is 28.4 Å². The van der Waals surface area contributed by atoms with Crippen molar-refractivity contribution in [2.75, 3.05) is 26.9 Å². The summed E-state index contributed by atoms with van der Waals surface area (Å²) in [4.78, 5) is 28.1. The Kier molecular flexibility index (Phi) is 8.55. The van der Waals surface area contributed by atoms with E-state index >= 15 is 0 Å². The molecule has 3 aromatic rings. The van der Waals surface area contributed by atoms with Crippen LogP contribution in [0.4, 0.5) is 0 Å². The molecule has 1 amide bonds. The second-order valence-corrected chi connectivity index (χ2v) is 9.74. The highest BCUT2D eigenvalue weighted by molar-refractivity contribution is 6.30. The number of benzene rings is 2. The van der Waals surface area contributed by atoms with Crippen LogP contribution in [0.5, 0.6) is 0 Å². The monoisotopic (exact) mass is 497 g/mol. The number of aliphatic hydroxyl groups is 1. The number of nitrogens with one attached hydrogen (secondary N) is 1.